The van der Waals surface area contributed by atoms with Crippen molar-refractivity contribution in [2.24, 2.45) is 0 Å². The first-order valence-electron chi connectivity index (χ1n) is 8.56. The number of carbonyl (C=O) groups excluding carboxylic acids is 1. The Bertz CT molecular complexity index is 804. The van der Waals surface area contributed by atoms with Gasteiger partial charge in [-0.15, -0.1) is 0 Å². The number of hydrogen-bond donors (Lipinski definition) is 1. The maximum Gasteiger partial charge on any atom is 0.261 e. The highest BCUT2D eigenvalue weighted by Crippen LogP contribution is 2.43. The van der Waals surface area contributed by atoms with Crippen molar-refractivity contribution in [2.45, 2.75) is 25.3 Å². The third kappa shape index (κ3) is 2.33. The number of fused-ring (bicyclic) bond motifs is 3. The Morgan fingerprint density at radius 1 is 1.25 bits per heavy atom. The predicted molar refractivity (Wildman–Crippen MR) is 92.2 cm³/mol. The molecule has 0 spiro atoms. The standard InChI is InChI=1S/C20H21FN2O/c1-13-7-8-18-15(11-13)16-12-22(2)10-9-19(16)23(18)20(24)14-5-3-4-6-17(14)21/h3-8,11,16,19H,9-10,12H2,1-2H3/p+1/t16-,19+/m0/s1. The molecular formula is C20H22FN2O+. The van der Waals surface area contributed by atoms with E-state index in [0.29, 0.717) is 5.92 Å². The first-order chi connectivity index (χ1) is 11.6. The van der Waals surface area contributed by atoms with Gasteiger partial charge in [-0.25, -0.2) is 4.39 Å². The minimum atomic E-state index is -0.446. The van der Waals surface area contributed by atoms with Crippen molar-refractivity contribution in [3.05, 3.63) is 65.0 Å². The van der Waals surface area contributed by atoms with Crippen molar-refractivity contribution >= 4 is 11.6 Å². The summed E-state index contributed by atoms with van der Waals surface area (Å²) in [7, 11) is 2.20. The molecule has 0 aromatic heterocycles. The highest BCUT2D eigenvalue weighted by atomic mass is 19.1. The highest BCUT2D eigenvalue weighted by Gasteiger charge is 2.46. The number of nitrogens with zero attached hydrogens (tertiary/aromatic N) is 1. The molecule has 24 heavy (non-hydrogen) atoms. The van der Waals surface area contributed by atoms with Crippen LogP contribution in [0.5, 0.6) is 0 Å². The molecule has 2 aliphatic rings. The van der Waals surface area contributed by atoms with Gasteiger partial charge in [0.25, 0.3) is 5.91 Å². The summed E-state index contributed by atoms with van der Waals surface area (Å²) in [5.41, 5.74) is 3.56. The number of likely N-dealkylation sites (tertiary alicyclic amines) is 1. The number of halogens is 1. The molecule has 3 atom stereocenters. The average Bonchev–Trinajstić information content (AvgIpc) is 2.88. The zero-order chi connectivity index (χ0) is 16.8. The largest absolute Gasteiger partial charge is 0.337 e. The number of amides is 1. The molecule has 1 N–H and O–H groups in total. The molecule has 1 fully saturated rings. The Balaban J connectivity index is 1.81. The number of quaternary nitrogens is 1. The van der Waals surface area contributed by atoms with Crippen molar-refractivity contribution in [1.82, 2.24) is 0 Å². The lowest BCUT2D eigenvalue weighted by molar-refractivity contribution is -0.886. The molecule has 4 rings (SSSR count). The lowest BCUT2D eigenvalue weighted by atomic mass is 9.88. The number of benzene rings is 2. The van der Waals surface area contributed by atoms with E-state index in [9.17, 15) is 9.18 Å². The van der Waals surface area contributed by atoms with E-state index in [2.05, 4.69) is 20.0 Å². The average molecular weight is 325 g/mol. The van der Waals surface area contributed by atoms with Crippen LogP contribution in [0.25, 0.3) is 0 Å². The Hall–Kier alpha value is -2.20. The van der Waals surface area contributed by atoms with Crippen LogP contribution in [0.3, 0.4) is 0 Å². The molecule has 2 aromatic rings. The van der Waals surface area contributed by atoms with Crippen molar-refractivity contribution < 1.29 is 14.1 Å². The lowest BCUT2D eigenvalue weighted by Gasteiger charge is -2.34. The SMILES string of the molecule is Cc1ccc2c(c1)[C@@H]1C[NH+](C)CC[C@H]1N2C(=O)c1ccccc1F. The molecule has 0 bridgehead atoms. The van der Waals surface area contributed by atoms with Gasteiger partial charge in [-0.2, -0.15) is 0 Å². The Labute approximate surface area is 141 Å². The van der Waals surface area contributed by atoms with Crippen molar-refractivity contribution in [2.75, 3.05) is 25.0 Å². The van der Waals surface area contributed by atoms with Crippen LogP contribution in [0.2, 0.25) is 0 Å². The van der Waals surface area contributed by atoms with Crippen molar-refractivity contribution in [3.8, 4) is 0 Å². The smallest absolute Gasteiger partial charge is 0.261 e. The minimum Gasteiger partial charge on any atom is -0.337 e. The maximum absolute atomic E-state index is 14.2. The molecule has 2 aromatic carbocycles. The van der Waals surface area contributed by atoms with Crippen LogP contribution in [-0.4, -0.2) is 32.1 Å². The zero-order valence-electron chi connectivity index (χ0n) is 14.1. The van der Waals surface area contributed by atoms with Crippen LogP contribution in [-0.2, 0) is 0 Å². The second-order valence-corrected chi connectivity index (χ2v) is 7.09. The molecule has 2 heterocycles. The predicted octanol–water partition coefficient (Wildman–Crippen LogP) is 2.17. The summed E-state index contributed by atoms with van der Waals surface area (Å²) in [6, 6.07) is 12.7. The summed E-state index contributed by atoms with van der Waals surface area (Å²) in [6.07, 6.45) is 0.949. The summed E-state index contributed by atoms with van der Waals surface area (Å²) in [6.45, 7) is 4.13. The molecular weight excluding hydrogens is 303 g/mol. The minimum absolute atomic E-state index is 0.137. The van der Waals surface area contributed by atoms with Gasteiger partial charge in [0, 0.05) is 12.1 Å². The van der Waals surface area contributed by atoms with Gasteiger partial charge in [0.2, 0.25) is 0 Å². The third-order valence-corrected chi connectivity index (χ3v) is 5.40. The number of nitrogens with one attached hydrogen (secondary N) is 1. The van der Waals surface area contributed by atoms with E-state index in [4.69, 9.17) is 0 Å². The van der Waals surface area contributed by atoms with Crippen LogP contribution >= 0.6 is 0 Å². The van der Waals surface area contributed by atoms with Gasteiger partial charge >= 0.3 is 0 Å². The fourth-order valence-corrected chi connectivity index (χ4v) is 4.23. The van der Waals surface area contributed by atoms with E-state index < -0.39 is 5.82 Å². The Kier molecular flexibility index (Phi) is 3.65. The van der Waals surface area contributed by atoms with Crippen LogP contribution in [0, 0.1) is 12.7 Å². The fraction of sp³-hybridized carbons (Fsp3) is 0.350. The number of aryl methyl sites for hydroxylation is 1. The Morgan fingerprint density at radius 3 is 2.83 bits per heavy atom. The van der Waals surface area contributed by atoms with E-state index in [1.54, 1.807) is 18.2 Å². The molecule has 0 aliphatic carbocycles. The van der Waals surface area contributed by atoms with Gasteiger partial charge in [0.05, 0.1) is 37.7 Å². The molecule has 124 valence electrons. The molecule has 0 radical (unpaired) electrons. The van der Waals surface area contributed by atoms with Gasteiger partial charge in [-0.05, 0) is 30.7 Å². The molecule has 0 saturated carbocycles. The van der Waals surface area contributed by atoms with Crippen molar-refractivity contribution in [3.63, 3.8) is 0 Å². The number of likely N-dealkylation sites (N-methyl/N-ethyl adjacent to an activating group) is 1. The molecule has 1 unspecified atom stereocenters. The Morgan fingerprint density at radius 2 is 2.04 bits per heavy atom. The summed E-state index contributed by atoms with van der Waals surface area (Å²) in [5, 5.41) is 0. The van der Waals surface area contributed by atoms with Crippen LogP contribution < -0.4 is 9.80 Å². The van der Waals surface area contributed by atoms with E-state index in [1.807, 2.05) is 17.0 Å². The van der Waals surface area contributed by atoms with Crippen LogP contribution in [0.4, 0.5) is 10.1 Å². The summed E-state index contributed by atoms with van der Waals surface area (Å²) < 4.78 is 14.2. The number of anilines is 1. The van der Waals surface area contributed by atoms with Crippen LogP contribution in [0.15, 0.2) is 42.5 Å². The van der Waals surface area contributed by atoms with E-state index in [0.717, 1.165) is 25.2 Å². The molecule has 1 amide bonds. The van der Waals surface area contributed by atoms with Gasteiger partial charge in [-0.3, -0.25) is 4.79 Å². The monoisotopic (exact) mass is 325 g/mol. The number of piperidine rings is 1. The van der Waals surface area contributed by atoms with Crippen molar-refractivity contribution in [1.29, 1.82) is 0 Å². The second kappa shape index (κ2) is 5.71. The van der Waals surface area contributed by atoms with E-state index in [1.165, 1.54) is 22.1 Å². The lowest BCUT2D eigenvalue weighted by Crippen LogP contribution is -3.11. The number of carbonyl (C=O) groups is 1. The maximum atomic E-state index is 14.2. The summed E-state index contributed by atoms with van der Waals surface area (Å²) >= 11 is 0. The van der Waals surface area contributed by atoms with Gasteiger partial charge in [0.15, 0.2) is 0 Å². The highest BCUT2D eigenvalue weighted by molar-refractivity contribution is 6.08. The molecule has 4 heteroatoms. The molecule has 1 saturated heterocycles. The quantitative estimate of drug-likeness (QED) is 0.854. The normalized spacial score (nSPS) is 25.3. The first kappa shape index (κ1) is 15.3. The third-order valence-electron chi connectivity index (χ3n) is 5.40. The zero-order valence-corrected chi connectivity index (χ0v) is 14.1. The van der Waals surface area contributed by atoms with E-state index in [-0.39, 0.29) is 17.5 Å². The van der Waals surface area contributed by atoms with Gasteiger partial charge < -0.3 is 9.80 Å². The van der Waals surface area contributed by atoms with Gasteiger partial charge in [-0.1, -0.05) is 29.8 Å². The van der Waals surface area contributed by atoms with Gasteiger partial charge in [0.1, 0.15) is 5.82 Å². The van der Waals surface area contributed by atoms with Crippen LogP contribution in [0.1, 0.15) is 33.8 Å². The fourth-order valence-electron chi connectivity index (χ4n) is 4.23. The second-order valence-electron chi connectivity index (χ2n) is 7.09. The van der Waals surface area contributed by atoms with E-state index >= 15 is 0 Å². The molecule has 3 nitrogen and oxygen atoms in total. The molecule has 2 aliphatic heterocycles. The number of rotatable bonds is 1. The summed E-state index contributed by atoms with van der Waals surface area (Å²) in [4.78, 5) is 16.5. The topological polar surface area (TPSA) is 24.8 Å². The first-order valence-corrected chi connectivity index (χ1v) is 8.56. The number of hydrogen-bond acceptors (Lipinski definition) is 1. The summed E-state index contributed by atoms with van der Waals surface area (Å²) in [5.74, 6) is -0.326.